The number of benzene rings is 2. The van der Waals surface area contributed by atoms with E-state index < -0.39 is 29.9 Å². The topological polar surface area (TPSA) is 114 Å². The van der Waals surface area contributed by atoms with Crippen LogP contribution in [0.3, 0.4) is 0 Å². The summed E-state index contributed by atoms with van der Waals surface area (Å²) in [6.45, 7) is 0.948. The van der Waals surface area contributed by atoms with Crippen LogP contribution in [0.15, 0.2) is 48.5 Å². The summed E-state index contributed by atoms with van der Waals surface area (Å²) in [5.41, 5.74) is 4.58. The van der Waals surface area contributed by atoms with E-state index in [4.69, 9.17) is 9.47 Å². The lowest BCUT2D eigenvalue weighted by molar-refractivity contribution is -0.143. The van der Waals surface area contributed by atoms with Crippen LogP contribution in [0.2, 0.25) is 0 Å². The summed E-state index contributed by atoms with van der Waals surface area (Å²) in [5, 5.41) is 15.0. The van der Waals surface area contributed by atoms with Crippen LogP contribution in [0.5, 0.6) is 0 Å². The number of rotatable bonds is 7. The van der Waals surface area contributed by atoms with Gasteiger partial charge in [0.2, 0.25) is 5.91 Å². The molecule has 2 fully saturated rings. The number of hydrogen-bond acceptors (Lipinski definition) is 5. The van der Waals surface area contributed by atoms with E-state index in [0.717, 1.165) is 35.1 Å². The maximum Gasteiger partial charge on any atom is 0.407 e. The van der Waals surface area contributed by atoms with Crippen molar-refractivity contribution in [3.8, 4) is 11.1 Å². The van der Waals surface area contributed by atoms with E-state index in [0.29, 0.717) is 13.0 Å². The fourth-order valence-corrected chi connectivity index (χ4v) is 5.72. The molecule has 0 spiro atoms. The van der Waals surface area contributed by atoms with Crippen molar-refractivity contribution in [1.29, 1.82) is 0 Å². The quantitative estimate of drug-likeness (QED) is 0.563. The van der Waals surface area contributed by atoms with E-state index in [1.807, 2.05) is 24.3 Å². The minimum Gasteiger partial charge on any atom is -0.481 e. The molecule has 35 heavy (non-hydrogen) atoms. The molecule has 2 amide bonds. The Labute approximate surface area is 204 Å². The number of ether oxygens (including phenoxy) is 2. The number of carbonyl (C=O) groups excluding carboxylic acids is 2. The highest BCUT2D eigenvalue weighted by atomic mass is 16.5. The van der Waals surface area contributed by atoms with Crippen molar-refractivity contribution in [3.05, 3.63) is 59.7 Å². The van der Waals surface area contributed by atoms with Gasteiger partial charge >= 0.3 is 12.1 Å². The first-order valence-corrected chi connectivity index (χ1v) is 12.2. The molecule has 2 aromatic carbocycles. The van der Waals surface area contributed by atoms with Crippen molar-refractivity contribution in [2.45, 2.75) is 31.2 Å². The van der Waals surface area contributed by atoms with Crippen LogP contribution in [-0.4, -0.2) is 55.5 Å². The minimum absolute atomic E-state index is 0.0410. The second kappa shape index (κ2) is 10.1. The highest BCUT2D eigenvalue weighted by Crippen LogP contribution is 2.44. The van der Waals surface area contributed by atoms with Gasteiger partial charge in [0.25, 0.3) is 0 Å². The lowest BCUT2D eigenvalue weighted by atomic mass is 9.95. The number of carbonyl (C=O) groups is 3. The van der Waals surface area contributed by atoms with Gasteiger partial charge in [-0.05, 0) is 41.0 Å². The number of amides is 2. The van der Waals surface area contributed by atoms with Crippen molar-refractivity contribution in [2.75, 3.05) is 26.4 Å². The van der Waals surface area contributed by atoms with Crippen molar-refractivity contribution in [2.24, 2.45) is 17.8 Å². The summed E-state index contributed by atoms with van der Waals surface area (Å²) in [7, 11) is 0. The van der Waals surface area contributed by atoms with Crippen LogP contribution in [0.1, 0.15) is 36.3 Å². The van der Waals surface area contributed by atoms with Crippen LogP contribution < -0.4 is 10.6 Å². The molecule has 0 bridgehead atoms. The predicted molar refractivity (Wildman–Crippen MR) is 128 cm³/mol. The van der Waals surface area contributed by atoms with Gasteiger partial charge in [-0.25, -0.2) is 4.79 Å². The highest BCUT2D eigenvalue weighted by Gasteiger charge is 2.38. The van der Waals surface area contributed by atoms with Crippen molar-refractivity contribution < 1.29 is 29.0 Å². The first-order chi connectivity index (χ1) is 17.0. The Balaban J connectivity index is 1.15. The number of fused-ring (bicyclic) bond motifs is 3. The zero-order valence-electron chi connectivity index (χ0n) is 19.4. The maximum atomic E-state index is 12.8. The van der Waals surface area contributed by atoms with Gasteiger partial charge in [0.1, 0.15) is 6.61 Å². The average molecular weight is 479 g/mol. The Morgan fingerprint density at radius 1 is 0.943 bits per heavy atom. The molecular weight excluding hydrogens is 448 g/mol. The Morgan fingerprint density at radius 3 is 2.31 bits per heavy atom. The lowest BCUT2D eigenvalue weighted by Gasteiger charge is -2.21. The molecule has 8 heteroatoms. The fourth-order valence-electron chi connectivity index (χ4n) is 5.72. The van der Waals surface area contributed by atoms with Gasteiger partial charge in [0.05, 0.1) is 31.1 Å². The van der Waals surface area contributed by atoms with E-state index in [1.54, 1.807) is 0 Å². The molecule has 4 atom stereocenters. The molecule has 1 saturated heterocycles. The number of alkyl carbamates (subject to hydrolysis) is 1. The largest absolute Gasteiger partial charge is 0.481 e. The first-order valence-electron chi connectivity index (χ1n) is 12.2. The van der Waals surface area contributed by atoms with E-state index in [9.17, 15) is 19.5 Å². The molecule has 3 N–H and O–H groups in total. The summed E-state index contributed by atoms with van der Waals surface area (Å²) < 4.78 is 11.1. The third-order valence-corrected chi connectivity index (χ3v) is 7.58. The van der Waals surface area contributed by atoms with Crippen LogP contribution in [-0.2, 0) is 19.1 Å². The zero-order valence-corrected chi connectivity index (χ0v) is 19.4. The predicted octanol–water partition coefficient (Wildman–Crippen LogP) is 3.16. The summed E-state index contributed by atoms with van der Waals surface area (Å²) in [6, 6.07) is 15.8. The van der Waals surface area contributed by atoms with E-state index >= 15 is 0 Å². The molecule has 8 nitrogen and oxygen atoms in total. The van der Waals surface area contributed by atoms with E-state index in [2.05, 4.69) is 34.9 Å². The molecule has 2 unspecified atom stereocenters. The van der Waals surface area contributed by atoms with Gasteiger partial charge in [-0.1, -0.05) is 55.0 Å². The Bertz CT molecular complexity index is 1070. The van der Waals surface area contributed by atoms with Crippen molar-refractivity contribution >= 4 is 18.0 Å². The molecular formula is C27H30N2O6. The van der Waals surface area contributed by atoms with Crippen LogP contribution >= 0.6 is 0 Å². The van der Waals surface area contributed by atoms with Gasteiger partial charge in [-0.3, -0.25) is 9.59 Å². The molecule has 1 saturated carbocycles. The number of carboxylic acids is 1. The van der Waals surface area contributed by atoms with Gasteiger partial charge in [-0.15, -0.1) is 0 Å². The number of aliphatic carboxylic acids is 1. The Kier molecular flexibility index (Phi) is 6.72. The molecule has 1 heterocycles. The van der Waals surface area contributed by atoms with Crippen LogP contribution in [0.4, 0.5) is 4.79 Å². The summed E-state index contributed by atoms with van der Waals surface area (Å²) in [4.78, 5) is 36.8. The summed E-state index contributed by atoms with van der Waals surface area (Å²) in [6.07, 6.45) is 1.71. The smallest absolute Gasteiger partial charge is 0.407 e. The molecule has 2 aliphatic carbocycles. The van der Waals surface area contributed by atoms with Gasteiger partial charge in [0, 0.05) is 12.5 Å². The second-order valence-corrected chi connectivity index (χ2v) is 9.60. The lowest BCUT2D eigenvalue weighted by Crippen LogP contribution is -2.47. The van der Waals surface area contributed by atoms with Crippen molar-refractivity contribution in [1.82, 2.24) is 10.6 Å². The maximum absolute atomic E-state index is 12.8. The molecule has 2 aromatic rings. The zero-order chi connectivity index (χ0) is 24.4. The Morgan fingerprint density at radius 2 is 1.63 bits per heavy atom. The molecule has 3 aliphatic rings. The molecule has 1 aliphatic heterocycles. The molecule has 184 valence electrons. The number of nitrogens with one attached hydrogen (secondary N) is 2. The van der Waals surface area contributed by atoms with Gasteiger partial charge < -0.3 is 25.2 Å². The first kappa shape index (κ1) is 23.4. The van der Waals surface area contributed by atoms with Gasteiger partial charge in [-0.2, -0.15) is 0 Å². The van der Waals surface area contributed by atoms with Crippen LogP contribution in [0.25, 0.3) is 11.1 Å². The third-order valence-electron chi connectivity index (χ3n) is 7.58. The SMILES string of the molecule is O=C(NC1COCC1C(=O)NC[C@H]1CCC[C@H]1C(=O)O)OCC1c2ccccc2-c2ccccc21. The van der Waals surface area contributed by atoms with E-state index in [-0.39, 0.29) is 37.6 Å². The highest BCUT2D eigenvalue weighted by molar-refractivity contribution is 5.81. The second-order valence-electron chi connectivity index (χ2n) is 9.60. The standard InChI is InChI=1S/C27H30N2O6/c30-25(28-12-16-6-5-11-17(16)26(31)32)23-13-34-15-24(23)29-27(33)35-14-22-20-9-3-1-7-18(20)19-8-2-4-10-21(19)22/h1-4,7-10,16-17,22-24H,5-6,11-15H2,(H,28,30)(H,29,33)(H,31,32)/t16-,17-,23?,24?/m1/s1. The van der Waals surface area contributed by atoms with Gasteiger partial charge in [0.15, 0.2) is 0 Å². The van der Waals surface area contributed by atoms with Crippen LogP contribution in [0, 0.1) is 17.8 Å². The molecule has 0 radical (unpaired) electrons. The monoisotopic (exact) mass is 478 g/mol. The van der Waals surface area contributed by atoms with E-state index in [1.165, 1.54) is 0 Å². The normalized spacial score (nSPS) is 25.0. The Hall–Kier alpha value is -3.39. The summed E-state index contributed by atoms with van der Waals surface area (Å²) >= 11 is 0. The number of hydrogen-bond donors (Lipinski definition) is 3. The number of carboxylic acid groups (broad SMARTS) is 1. The summed E-state index contributed by atoms with van der Waals surface area (Å²) in [5.74, 6) is -2.10. The fraction of sp³-hybridized carbons (Fsp3) is 0.444. The minimum atomic E-state index is -0.805. The molecule has 5 rings (SSSR count). The molecule has 0 aromatic heterocycles. The average Bonchev–Trinajstić information content (AvgIpc) is 3.59. The third kappa shape index (κ3) is 4.75. The van der Waals surface area contributed by atoms with Crippen molar-refractivity contribution in [3.63, 3.8) is 0 Å².